The van der Waals surface area contributed by atoms with Gasteiger partial charge in [0, 0.05) is 24.2 Å². The molecule has 0 saturated carbocycles. The highest BCUT2D eigenvalue weighted by Crippen LogP contribution is 2.30. The van der Waals surface area contributed by atoms with Gasteiger partial charge in [-0.1, -0.05) is 29.8 Å². The van der Waals surface area contributed by atoms with Crippen molar-refractivity contribution in [1.82, 2.24) is 15.4 Å². The van der Waals surface area contributed by atoms with E-state index in [9.17, 15) is 18.0 Å². The van der Waals surface area contributed by atoms with Gasteiger partial charge < -0.3 is 16.0 Å². The minimum Gasteiger partial charge on any atom is -0.338 e. The minimum absolute atomic E-state index is 0.138. The lowest BCUT2D eigenvalue weighted by molar-refractivity contribution is -0.129. The molecule has 13 heteroatoms. The average molecular weight is 561 g/mol. The lowest BCUT2D eigenvalue weighted by Crippen LogP contribution is -2.18. The fraction of sp³-hybridized carbons (Fsp3) is 0.280. The fourth-order valence-corrected chi connectivity index (χ4v) is 4.71. The Kier molecular flexibility index (Phi) is 9.99. The average Bonchev–Trinajstić information content (AvgIpc) is 2.88. The predicted molar refractivity (Wildman–Crippen MR) is 146 cm³/mol. The number of halogens is 1. The van der Waals surface area contributed by atoms with Crippen molar-refractivity contribution in [3.63, 3.8) is 0 Å². The molecule has 5 N–H and O–H groups in total. The number of hydrogen-bond donors (Lipinski definition) is 5. The number of hydroxylamine groups is 1. The van der Waals surface area contributed by atoms with E-state index >= 15 is 0 Å². The van der Waals surface area contributed by atoms with Crippen LogP contribution in [0, 0.1) is 0 Å². The molecule has 1 heterocycles. The normalized spacial score (nSPS) is 11.2. The van der Waals surface area contributed by atoms with Crippen molar-refractivity contribution in [3.05, 3.63) is 59.8 Å². The Morgan fingerprint density at radius 3 is 2.37 bits per heavy atom. The number of rotatable bonds is 12. The smallest absolute Gasteiger partial charge is 0.243 e. The number of unbranched alkanes of at least 4 members (excludes halogenated alkanes) is 1. The minimum atomic E-state index is -3.55. The number of nitrogens with one attached hydrogen (secondary N) is 4. The number of carbonyl (C=O) groups is 2. The summed E-state index contributed by atoms with van der Waals surface area (Å²) >= 11 is 6.29. The Morgan fingerprint density at radius 1 is 0.974 bits per heavy atom. The summed E-state index contributed by atoms with van der Waals surface area (Å²) in [7, 11) is -3.55. The van der Waals surface area contributed by atoms with Gasteiger partial charge in [0.2, 0.25) is 17.8 Å². The van der Waals surface area contributed by atoms with Crippen molar-refractivity contribution in [2.24, 2.45) is 0 Å². The summed E-state index contributed by atoms with van der Waals surface area (Å²) in [6.07, 6.45) is 2.72. The molecule has 1 aromatic heterocycles. The van der Waals surface area contributed by atoms with Crippen molar-refractivity contribution >= 4 is 62.1 Å². The van der Waals surface area contributed by atoms with Crippen LogP contribution < -0.4 is 21.4 Å². The van der Waals surface area contributed by atoms with Gasteiger partial charge in [0.1, 0.15) is 5.02 Å². The third-order valence-electron chi connectivity index (χ3n) is 5.40. The SMILES string of the molecule is CC(C)S(=O)(=O)c1ccccc1Nc1nc(Nc2cccc(NC(=O)CCCCC(=O)NO)c2)ncc1Cl. The summed E-state index contributed by atoms with van der Waals surface area (Å²) in [5.41, 5.74) is 3.04. The van der Waals surface area contributed by atoms with Gasteiger partial charge in [-0.3, -0.25) is 14.8 Å². The van der Waals surface area contributed by atoms with Crippen LogP contribution in [-0.2, 0) is 19.4 Å². The maximum atomic E-state index is 12.8. The molecule has 0 saturated heterocycles. The van der Waals surface area contributed by atoms with E-state index in [1.54, 1.807) is 61.8 Å². The molecular formula is C25H29ClN6O5S. The fourth-order valence-electron chi connectivity index (χ4n) is 3.37. The Morgan fingerprint density at radius 2 is 1.66 bits per heavy atom. The first kappa shape index (κ1) is 28.8. The Hall–Kier alpha value is -3.74. The molecule has 3 aromatic rings. The van der Waals surface area contributed by atoms with E-state index in [2.05, 4.69) is 25.9 Å². The highest BCUT2D eigenvalue weighted by Gasteiger charge is 2.23. The third kappa shape index (κ3) is 7.88. The number of benzene rings is 2. The number of para-hydroxylation sites is 1. The molecule has 2 aromatic carbocycles. The van der Waals surface area contributed by atoms with Crippen LogP contribution in [0.3, 0.4) is 0 Å². The second-order valence-electron chi connectivity index (χ2n) is 8.60. The summed E-state index contributed by atoms with van der Waals surface area (Å²) in [5, 5.41) is 16.9. The second-order valence-corrected chi connectivity index (χ2v) is 11.5. The molecule has 0 aliphatic carbocycles. The van der Waals surface area contributed by atoms with E-state index in [1.807, 2.05) is 0 Å². The first-order valence-corrected chi connectivity index (χ1v) is 13.7. The van der Waals surface area contributed by atoms with Gasteiger partial charge in [-0.2, -0.15) is 4.98 Å². The quantitative estimate of drug-likeness (QED) is 0.119. The molecule has 38 heavy (non-hydrogen) atoms. The van der Waals surface area contributed by atoms with E-state index in [0.717, 1.165) is 0 Å². The van der Waals surface area contributed by atoms with E-state index in [-0.39, 0.29) is 40.4 Å². The molecule has 202 valence electrons. The maximum Gasteiger partial charge on any atom is 0.243 e. The number of sulfone groups is 1. The number of carbonyl (C=O) groups excluding carboxylic acids is 2. The summed E-state index contributed by atoms with van der Waals surface area (Å²) in [4.78, 5) is 32.0. The molecule has 0 fully saturated rings. The van der Waals surface area contributed by atoms with E-state index in [0.29, 0.717) is 29.9 Å². The van der Waals surface area contributed by atoms with Gasteiger partial charge in [0.15, 0.2) is 15.7 Å². The molecular weight excluding hydrogens is 532 g/mol. The van der Waals surface area contributed by atoms with Gasteiger partial charge in [0.25, 0.3) is 0 Å². The summed E-state index contributed by atoms with van der Waals surface area (Å²) < 4.78 is 25.6. The van der Waals surface area contributed by atoms with Crippen LogP contribution in [0.15, 0.2) is 59.6 Å². The molecule has 0 bridgehead atoms. The summed E-state index contributed by atoms with van der Waals surface area (Å²) in [5.74, 6) is -0.283. The molecule has 3 rings (SSSR count). The number of amides is 2. The molecule has 0 aliphatic rings. The Balaban J connectivity index is 1.69. The van der Waals surface area contributed by atoms with Crippen molar-refractivity contribution in [3.8, 4) is 0 Å². The van der Waals surface area contributed by atoms with Gasteiger partial charge >= 0.3 is 0 Å². The highest BCUT2D eigenvalue weighted by molar-refractivity contribution is 7.92. The van der Waals surface area contributed by atoms with Crippen LogP contribution in [-0.4, -0.2) is 40.7 Å². The van der Waals surface area contributed by atoms with E-state index in [1.165, 1.54) is 12.3 Å². The van der Waals surface area contributed by atoms with Gasteiger partial charge in [0.05, 0.1) is 22.0 Å². The number of hydrogen-bond acceptors (Lipinski definition) is 9. The molecule has 11 nitrogen and oxygen atoms in total. The van der Waals surface area contributed by atoms with Gasteiger partial charge in [-0.25, -0.2) is 18.9 Å². The lowest BCUT2D eigenvalue weighted by Gasteiger charge is -2.15. The summed E-state index contributed by atoms with van der Waals surface area (Å²) in [6.45, 7) is 3.23. The van der Waals surface area contributed by atoms with Crippen molar-refractivity contribution < 1.29 is 23.2 Å². The Bertz CT molecular complexity index is 1400. The summed E-state index contributed by atoms with van der Waals surface area (Å²) in [6, 6.07) is 13.4. The van der Waals surface area contributed by atoms with Crippen LogP contribution in [0.5, 0.6) is 0 Å². The monoisotopic (exact) mass is 560 g/mol. The van der Waals surface area contributed by atoms with Gasteiger partial charge in [-0.15, -0.1) is 0 Å². The third-order valence-corrected chi connectivity index (χ3v) is 7.88. The largest absolute Gasteiger partial charge is 0.338 e. The second kappa shape index (κ2) is 13.2. The van der Waals surface area contributed by atoms with Gasteiger partial charge in [-0.05, 0) is 57.0 Å². The topological polar surface area (TPSA) is 162 Å². The first-order valence-electron chi connectivity index (χ1n) is 11.8. The molecule has 0 atom stereocenters. The first-order chi connectivity index (χ1) is 18.1. The predicted octanol–water partition coefficient (Wildman–Crippen LogP) is 4.80. The molecule has 0 unspecified atom stereocenters. The van der Waals surface area contributed by atoms with Crippen molar-refractivity contribution in [1.29, 1.82) is 0 Å². The van der Waals surface area contributed by atoms with Crippen LogP contribution >= 0.6 is 11.6 Å². The zero-order valence-corrected chi connectivity index (χ0v) is 22.4. The van der Waals surface area contributed by atoms with Crippen LogP contribution in [0.4, 0.5) is 28.8 Å². The zero-order valence-electron chi connectivity index (χ0n) is 20.9. The highest BCUT2D eigenvalue weighted by atomic mass is 35.5. The van der Waals surface area contributed by atoms with Crippen LogP contribution in [0.25, 0.3) is 0 Å². The molecule has 0 radical (unpaired) electrons. The maximum absolute atomic E-state index is 12.8. The van der Waals surface area contributed by atoms with E-state index < -0.39 is 21.0 Å². The molecule has 0 spiro atoms. The lowest BCUT2D eigenvalue weighted by atomic mass is 10.2. The number of aromatic nitrogens is 2. The van der Waals surface area contributed by atoms with E-state index in [4.69, 9.17) is 16.8 Å². The van der Waals surface area contributed by atoms with Crippen LogP contribution in [0.1, 0.15) is 39.5 Å². The number of anilines is 5. The van der Waals surface area contributed by atoms with Crippen LogP contribution in [0.2, 0.25) is 5.02 Å². The molecule has 2 amide bonds. The zero-order chi connectivity index (χ0) is 27.7. The van der Waals surface area contributed by atoms with Crippen molar-refractivity contribution in [2.45, 2.75) is 49.7 Å². The molecule has 0 aliphatic heterocycles. The Labute approximate surface area is 225 Å². The van der Waals surface area contributed by atoms with Crippen molar-refractivity contribution in [2.75, 3.05) is 16.0 Å². The standard InChI is InChI=1S/C25H29ClN6O5S/c1-16(2)38(36,37)21-11-4-3-10-20(21)30-24-19(26)15-27-25(31-24)29-18-9-7-8-17(14-18)28-22(33)12-5-6-13-23(34)32-35/h3-4,7-11,14-16,35H,5-6,12-13H2,1-2H3,(H,28,33)(H,32,34)(H2,27,29,30,31). The number of nitrogens with zero attached hydrogens (tertiary/aromatic N) is 2.